The largest absolute Gasteiger partial charge is 0.465 e. The summed E-state index contributed by atoms with van der Waals surface area (Å²) in [5.41, 5.74) is 2.13. The van der Waals surface area contributed by atoms with Crippen LogP contribution in [0.1, 0.15) is 52.6 Å². The number of hydrogen-bond donors (Lipinski definition) is 0. The average Bonchev–Trinajstić information content (AvgIpc) is 2.64. The zero-order valence-electron chi connectivity index (χ0n) is 15.8. The number of ether oxygens (including phenoxy) is 2. The van der Waals surface area contributed by atoms with Gasteiger partial charge in [-0.15, -0.1) is 11.8 Å². The third-order valence-electron chi connectivity index (χ3n) is 3.96. The molecule has 0 radical (unpaired) electrons. The predicted molar refractivity (Wildman–Crippen MR) is 104 cm³/mol. The number of hydrogen-bond acceptors (Lipinski definition) is 5. The molecule has 26 heavy (non-hydrogen) atoms. The molecule has 0 aliphatic heterocycles. The zero-order chi connectivity index (χ0) is 19.3. The van der Waals surface area contributed by atoms with Crippen molar-refractivity contribution in [2.75, 3.05) is 14.2 Å². The number of rotatable bonds is 5. The van der Waals surface area contributed by atoms with Crippen molar-refractivity contribution < 1.29 is 19.1 Å². The monoisotopic (exact) mass is 372 g/mol. The lowest BCUT2D eigenvalue weighted by atomic mass is 9.82. The Kier molecular flexibility index (Phi) is 6.48. The summed E-state index contributed by atoms with van der Waals surface area (Å²) in [5, 5.41) is 0. The van der Waals surface area contributed by atoms with Crippen molar-refractivity contribution in [2.24, 2.45) is 0 Å². The molecular formula is C21H24O4S. The highest BCUT2D eigenvalue weighted by Gasteiger charge is 2.29. The second kappa shape index (κ2) is 8.41. The minimum Gasteiger partial charge on any atom is -0.465 e. The molecule has 0 aliphatic carbocycles. The van der Waals surface area contributed by atoms with E-state index in [2.05, 4.69) is 12.1 Å². The first-order chi connectivity index (χ1) is 12.3. The van der Waals surface area contributed by atoms with Crippen LogP contribution in [0.2, 0.25) is 0 Å². The molecule has 0 unspecified atom stereocenters. The summed E-state index contributed by atoms with van der Waals surface area (Å²) in [4.78, 5) is 25.6. The van der Waals surface area contributed by atoms with Crippen LogP contribution in [0.3, 0.4) is 0 Å². The van der Waals surface area contributed by atoms with E-state index >= 15 is 0 Å². The maximum absolute atomic E-state index is 12.4. The summed E-state index contributed by atoms with van der Waals surface area (Å²) in [6, 6.07) is 13.8. The molecule has 2 aromatic rings. The molecular weight excluding hydrogens is 348 g/mol. The van der Waals surface area contributed by atoms with Gasteiger partial charge in [-0.3, -0.25) is 0 Å². The van der Waals surface area contributed by atoms with Gasteiger partial charge < -0.3 is 9.47 Å². The van der Waals surface area contributed by atoms with Gasteiger partial charge in [0.25, 0.3) is 0 Å². The fraction of sp³-hybridized carbons (Fsp3) is 0.333. The summed E-state index contributed by atoms with van der Waals surface area (Å²) in [5.74, 6) is -0.309. The van der Waals surface area contributed by atoms with Crippen LogP contribution in [0.15, 0.2) is 47.4 Å². The van der Waals surface area contributed by atoms with E-state index in [0.29, 0.717) is 0 Å². The molecule has 0 heterocycles. The van der Waals surface area contributed by atoms with Crippen LogP contribution < -0.4 is 0 Å². The maximum Gasteiger partial charge on any atom is 0.339 e. The summed E-state index contributed by atoms with van der Waals surface area (Å²) in [6.07, 6.45) is 0. The molecule has 0 fully saturated rings. The Bertz CT molecular complexity index is 792. The molecule has 0 saturated carbocycles. The third-order valence-corrected chi connectivity index (χ3v) is 5.01. The summed E-state index contributed by atoms with van der Waals surface area (Å²) < 4.78 is 9.82. The normalized spacial score (nSPS) is 11.1. The molecule has 0 bridgehead atoms. The van der Waals surface area contributed by atoms with E-state index < -0.39 is 11.9 Å². The molecule has 2 aromatic carbocycles. The van der Waals surface area contributed by atoms with Crippen molar-refractivity contribution in [1.82, 2.24) is 0 Å². The van der Waals surface area contributed by atoms with Crippen molar-refractivity contribution in [3.63, 3.8) is 0 Å². The standard InChI is InChI=1S/C21H24O4S/c1-21(2,3)17-12-15(26-13-14-9-7-6-8-10-14)11-16(19(22)24-4)18(17)20(23)25-5/h6-12H,13H2,1-5H3. The lowest BCUT2D eigenvalue weighted by Gasteiger charge is -2.24. The predicted octanol–water partition coefficient (Wildman–Crippen LogP) is 4.85. The Hall–Kier alpha value is -2.27. The number of thioether (sulfide) groups is 1. The van der Waals surface area contributed by atoms with E-state index in [0.717, 1.165) is 16.2 Å². The van der Waals surface area contributed by atoms with Crippen molar-refractivity contribution in [2.45, 2.75) is 36.8 Å². The van der Waals surface area contributed by atoms with Crippen LogP contribution in [0, 0.1) is 0 Å². The van der Waals surface area contributed by atoms with Crippen LogP contribution >= 0.6 is 11.8 Å². The van der Waals surface area contributed by atoms with Crippen molar-refractivity contribution in [3.05, 3.63) is 64.7 Å². The molecule has 138 valence electrons. The Morgan fingerprint density at radius 2 is 1.58 bits per heavy atom. The van der Waals surface area contributed by atoms with Gasteiger partial charge >= 0.3 is 11.9 Å². The number of methoxy groups -OCH3 is 2. The molecule has 0 aromatic heterocycles. The van der Waals surface area contributed by atoms with E-state index in [-0.39, 0.29) is 16.5 Å². The summed E-state index contributed by atoms with van der Waals surface area (Å²) in [6.45, 7) is 6.00. The summed E-state index contributed by atoms with van der Waals surface area (Å²) >= 11 is 1.61. The van der Waals surface area contributed by atoms with Gasteiger partial charge in [0.1, 0.15) is 0 Å². The molecule has 5 heteroatoms. The fourth-order valence-electron chi connectivity index (χ4n) is 2.62. The quantitative estimate of drug-likeness (QED) is 0.555. The van der Waals surface area contributed by atoms with Crippen LogP contribution in [-0.2, 0) is 20.6 Å². The van der Waals surface area contributed by atoms with Gasteiger partial charge in [-0.1, -0.05) is 51.1 Å². The maximum atomic E-state index is 12.4. The highest BCUT2D eigenvalue weighted by atomic mass is 32.2. The average molecular weight is 372 g/mol. The lowest BCUT2D eigenvalue weighted by Crippen LogP contribution is -2.22. The fourth-order valence-corrected chi connectivity index (χ4v) is 3.55. The van der Waals surface area contributed by atoms with Crippen molar-refractivity contribution in [3.8, 4) is 0 Å². The zero-order valence-corrected chi connectivity index (χ0v) is 16.6. The van der Waals surface area contributed by atoms with Gasteiger partial charge in [0.15, 0.2) is 0 Å². The smallest absolute Gasteiger partial charge is 0.339 e. The molecule has 0 spiro atoms. The van der Waals surface area contributed by atoms with Crippen LogP contribution in [0.4, 0.5) is 0 Å². The Morgan fingerprint density at radius 1 is 0.962 bits per heavy atom. The van der Waals surface area contributed by atoms with Gasteiger partial charge in [-0.05, 0) is 28.7 Å². The first-order valence-electron chi connectivity index (χ1n) is 8.29. The molecule has 0 N–H and O–H groups in total. The molecule has 4 nitrogen and oxygen atoms in total. The van der Waals surface area contributed by atoms with Gasteiger partial charge in [-0.2, -0.15) is 0 Å². The van der Waals surface area contributed by atoms with E-state index in [4.69, 9.17) is 9.47 Å². The minimum absolute atomic E-state index is 0.238. The van der Waals surface area contributed by atoms with Gasteiger partial charge in [-0.25, -0.2) is 9.59 Å². The number of carbonyl (C=O) groups excluding carboxylic acids is 2. The lowest BCUT2D eigenvalue weighted by molar-refractivity contribution is 0.0552. The number of carbonyl (C=O) groups is 2. The highest BCUT2D eigenvalue weighted by Crippen LogP contribution is 2.34. The molecule has 0 saturated heterocycles. The van der Waals surface area contributed by atoms with Crippen molar-refractivity contribution in [1.29, 1.82) is 0 Å². The highest BCUT2D eigenvalue weighted by molar-refractivity contribution is 7.98. The van der Waals surface area contributed by atoms with Gasteiger partial charge in [0.2, 0.25) is 0 Å². The van der Waals surface area contributed by atoms with E-state index in [1.54, 1.807) is 17.8 Å². The van der Waals surface area contributed by atoms with E-state index in [1.165, 1.54) is 19.8 Å². The third kappa shape index (κ3) is 4.67. The number of benzene rings is 2. The van der Waals surface area contributed by atoms with E-state index in [9.17, 15) is 9.59 Å². The van der Waals surface area contributed by atoms with Crippen molar-refractivity contribution >= 4 is 23.7 Å². The number of esters is 2. The molecule has 0 amide bonds. The Labute approximate surface area is 158 Å². The Balaban J connectivity index is 2.53. The Morgan fingerprint density at radius 3 is 2.12 bits per heavy atom. The van der Waals surface area contributed by atoms with Crippen LogP contribution in [0.5, 0.6) is 0 Å². The molecule has 2 rings (SSSR count). The molecule has 0 aliphatic rings. The first kappa shape index (κ1) is 20.0. The SMILES string of the molecule is COC(=O)c1cc(SCc2ccccc2)cc(C(C)(C)C)c1C(=O)OC. The molecule has 0 atom stereocenters. The van der Waals surface area contributed by atoms with Gasteiger partial charge in [0.05, 0.1) is 25.3 Å². The second-order valence-electron chi connectivity index (χ2n) is 6.90. The first-order valence-corrected chi connectivity index (χ1v) is 9.28. The van der Waals surface area contributed by atoms with Crippen LogP contribution in [-0.4, -0.2) is 26.2 Å². The minimum atomic E-state index is -0.543. The van der Waals surface area contributed by atoms with Gasteiger partial charge in [0, 0.05) is 10.6 Å². The topological polar surface area (TPSA) is 52.6 Å². The summed E-state index contributed by atoms with van der Waals surface area (Å²) in [7, 11) is 2.62. The second-order valence-corrected chi connectivity index (χ2v) is 7.95. The van der Waals surface area contributed by atoms with E-state index in [1.807, 2.05) is 45.0 Å². The van der Waals surface area contributed by atoms with Crippen LogP contribution in [0.25, 0.3) is 0 Å².